The monoisotopic (exact) mass is 756 g/mol. The van der Waals surface area contributed by atoms with Gasteiger partial charge >= 0.3 is 19.8 Å². The molecule has 1 amide bonds. The number of aryl methyl sites for hydroxylation is 1. The summed E-state index contributed by atoms with van der Waals surface area (Å²) in [7, 11) is -1.98. The van der Waals surface area contributed by atoms with Gasteiger partial charge in [-0.3, -0.25) is 19.2 Å². The van der Waals surface area contributed by atoms with Crippen LogP contribution in [-0.2, 0) is 24.6 Å². The van der Waals surface area contributed by atoms with Crippen LogP contribution in [0.4, 0.5) is 33.6 Å². The number of anilines is 2. The molecule has 3 saturated heterocycles. The Kier molecular flexibility index (Phi) is 10.7. The highest BCUT2D eigenvalue weighted by Gasteiger charge is 2.49. The van der Waals surface area contributed by atoms with Crippen molar-refractivity contribution in [2.75, 3.05) is 69.8 Å². The number of likely N-dealkylation sites (N-methyl/N-ethyl adjacent to an activating group) is 1. The Morgan fingerprint density at radius 1 is 1.13 bits per heavy atom. The first-order valence-electron chi connectivity index (χ1n) is 17.2. The molecule has 0 unspecified atom stereocenters. The maximum absolute atomic E-state index is 16.6. The number of carbonyl (C=O) groups is 1. The molecule has 3 aliphatic rings. The zero-order valence-electron chi connectivity index (χ0n) is 29.4. The highest BCUT2D eigenvalue weighted by Crippen LogP contribution is 2.48. The van der Waals surface area contributed by atoms with Gasteiger partial charge in [-0.25, -0.2) is 13.8 Å². The van der Waals surface area contributed by atoms with Crippen LogP contribution in [0.1, 0.15) is 50.7 Å². The number of amides is 1. The molecule has 0 radical (unpaired) electrons. The Balaban J connectivity index is 1.38. The van der Waals surface area contributed by atoms with Gasteiger partial charge in [-0.1, -0.05) is 0 Å². The van der Waals surface area contributed by atoms with E-state index in [9.17, 15) is 26.9 Å². The van der Waals surface area contributed by atoms with Crippen molar-refractivity contribution in [3.63, 3.8) is 0 Å². The molecule has 6 heterocycles. The molecule has 0 bridgehead atoms. The van der Waals surface area contributed by atoms with E-state index in [1.807, 2.05) is 4.90 Å². The van der Waals surface area contributed by atoms with Gasteiger partial charge in [-0.2, -0.15) is 23.1 Å². The van der Waals surface area contributed by atoms with Gasteiger partial charge in [-0.15, -0.1) is 0 Å². The van der Waals surface area contributed by atoms with Crippen molar-refractivity contribution in [1.29, 1.82) is 0 Å². The Bertz CT molecular complexity index is 1880. The molecule has 284 valence electrons. The zero-order valence-corrected chi connectivity index (χ0v) is 30.3. The number of nitrogens with zero attached hydrogens (tertiary/aromatic N) is 7. The van der Waals surface area contributed by atoms with E-state index in [0.29, 0.717) is 25.9 Å². The van der Waals surface area contributed by atoms with Gasteiger partial charge in [0.25, 0.3) is 0 Å². The maximum atomic E-state index is 16.6. The fraction of sp³-hybridized carbons (Fsp3) is 0.606. The molecular formula is C33H42F5N8O5P. The standard InChI is InChI=1S/C33H42F5N8O5P/c1-5-50-52(48,51-6-2)17-24(47)45-11-8-21(16-45)44(4)30-22-14-40-29(28-25(33(36,37)38)19(3)12-23(39)41-28)26(35)27(22)42-31(43-30)49-18-32-9-7-10-46(32)15-20(34)13-32/h12,14,20-21H,5-11,13,15-18H2,1-4H3,(H2,39,41)/t20-,21-,32+/m1/s1. The van der Waals surface area contributed by atoms with E-state index in [-0.39, 0.29) is 79.5 Å². The third-order valence-corrected chi connectivity index (χ3v) is 12.0. The Labute approximate surface area is 297 Å². The van der Waals surface area contributed by atoms with E-state index in [1.165, 1.54) is 18.0 Å². The van der Waals surface area contributed by atoms with Crippen LogP contribution in [-0.4, -0.2) is 113 Å². The summed E-state index contributed by atoms with van der Waals surface area (Å²) in [6.45, 7) is 6.18. The number of aromatic nitrogens is 4. The lowest BCUT2D eigenvalue weighted by Gasteiger charge is -2.31. The molecule has 0 saturated carbocycles. The summed E-state index contributed by atoms with van der Waals surface area (Å²) in [6, 6.07) is 0.407. The SMILES string of the molecule is CCOP(=O)(CC(=O)N1CC[C@@H](N(C)c2nc(OC[C@@]34CCCN3C[C@H](F)C4)nc3c(F)c(-c4nc(N)cc(C)c4C(F)(F)F)ncc23)C1)OCC. The van der Waals surface area contributed by atoms with Crippen molar-refractivity contribution < 1.29 is 45.1 Å². The number of nitrogen functional groups attached to an aromatic ring is 1. The van der Waals surface area contributed by atoms with Gasteiger partial charge in [0.05, 0.1) is 29.7 Å². The Morgan fingerprint density at radius 2 is 1.87 bits per heavy atom. The molecule has 2 N–H and O–H groups in total. The highest BCUT2D eigenvalue weighted by molar-refractivity contribution is 7.54. The molecule has 13 nitrogen and oxygen atoms in total. The maximum Gasteiger partial charge on any atom is 0.418 e. The number of ether oxygens (including phenoxy) is 1. The lowest BCUT2D eigenvalue weighted by molar-refractivity contribution is -0.137. The predicted molar refractivity (Wildman–Crippen MR) is 182 cm³/mol. The van der Waals surface area contributed by atoms with Gasteiger partial charge in [0.15, 0.2) is 5.82 Å². The molecule has 3 fully saturated rings. The molecule has 3 aliphatic heterocycles. The Morgan fingerprint density at radius 3 is 2.56 bits per heavy atom. The van der Waals surface area contributed by atoms with Crippen molar-refractivity contribution in [2.45, 2.75) is 70.4 Å². The molecule has 3 aromatic rings. The van der Waals surface area contributed by atoms with Crippen molar-refractivity contribution in [1.82, 2.24) is 29.7 Å². The molecule has 6 rings (SSSR count). The van der Waals surface area contributed by atoms with E-state index >= 15 is 4.39 Å². The summed E-state index contributed by atoms with van der Waals surface area (Å²) >= 11 is 0. The first-order chi connectivity index (χ1) is 24.6. The number of fused-ring (bicyclic) bond motifs is 2. The second kappa shape index (κ2) is 14.6. The minimum atomic E-state index is -4.90. The average Bonchev–Trinajstić information content (AvgIpc) is 3.77. The predicted octanol–water partition coefficient (Wildman–Crippen LogP) is 5.39. The third kappa shape index (κ3) is 7.39. The number of hydrogen-bond donors (Lipinski definition) is 1. The summed E-state index contributed by atoms with van der Waals surface area (Å²) in [5.74, 6) is -1.73. The molecule has 0 aliphatic carbocycles. The average molecular weight is 757 g/mol. The van der Waals surface area contributed by atoms with E-state index in [1.54, 1.807) is 25.8 Å². The largest absolute Gasteiger partial charge is 0.461 e. The molecule has 0 spiro atoms. The Hall–Kier alpha value is -3.73. The van der Waals surface area contributed by atoms with Crippen LogP contribution in [0.2, 0.25) is 0 Å². The second-order valence-electron chi connectivity index (χ2n) is 13.5. The number of likely N-dealkylation sites (tertiary alicyclic amines) is 1. The minimum absolute atomic E-state index is 0.0151. The lowest BCUT2D eigenvalue weighted by Crippen LogP contribution is -2.43. The van der Waals surface area contributed by atoms with E-state index < -0.39 is 60.3 Å². The van der Waals surface area contributed by atoms with Crippen LogP contribution in [0.5, 0.6) is 6.01 Å². The quantitative estimate of drug-likeness (QED) is 0.187. The number of hydrogen-bond acceptors (Lipinski definition) is 12. The van der Waals surface area contributed by atoms with Crippen LogP contribution >= 0.6 is 7.60 Å². The molecule has 3 aromatic heterocycles. The fourth-order valence-electron chi connectivity index (χ4n) is 7.64. The number of alkyl halides is 4. The van der Waals surface area contributed by atoms with Gasteiger partial charge in [-0.05, 0) is 58.2 Å². The van der Waals surface area contributed by atoms with Gasteiger partial charge in [0.1, 0.15) is 47.5 Å². The van der Waals surface area contributed by atoms with Gasteiger partial charge in [0, 0.05) is 45.3 Å². The lowest BCUT2D eigenvalue weighted by atomic mass is 9.95. The molecule has 52 heavy (non-hydrogen) atoms. The van der Waals surface area contributed by atoms with Gasteiger partial charge < -0.3 is 29.3 Å². The number of nitrogens with two attached hydrogens (primary N) is 1. The molecule has 3 atom stereocenters. The van der Waals surface area contributed by atoms with Crippen molar-refractivity contribution in [3.05, 3.63) is 29.2 Å². The first kappa shape index (κ1) is 38.0. The number of rotatable bonds is 12. The molecular weight excluding hydrogens is 714 g/mol. The second-order valence-corrected chi connectivity index (χ2v) is 15.5. The van der Waals surface area contributed by atoms with Gasteiger partial charge in [0.2, 0.25) is 5.91 Å². The summed E-state index contributed by atoms with van der Waals surface area (Å²) in [5, 5.41) is 0.0672. The van der Waals surface area contributed by atoms with Crippen LogP contribution in [0.3, 0.4) is 0 Å². The normalized spacial score (nSPS) is 22.4. The minimum Gasteiger partial charge on any atom is -0.461 e. The topological polar surface area (TPSA) is 149 Å². The van der Waals surface area contributed by atoms with Crippen molar-refractivity contribution in [3.8, 4) is 17.4 Å². The smallest absolute Gasteiger partial charge is 0.418 e. The summed E-state index contributed by atoms with van der Waals surface area (Å²) in [5.41, 5.74) is 1.89. The highest BCUT2D eigenvalue weighted by atomic mass is 31.2. The van der Waals surface area contributed by atoms with Crippen LogP contribution in [0, 0.1) is 12.7 Å². The number of carbonyl (C=O) groups excluding carboxylic acids is 1. The van der Waals surface area contributed by atoms with E-state index in [2.05, 4.69) is 19.9 Å². The van der Waals surface area contributed by atoms with Crippen molar-refractivity contribution >= 4 is 36.0 Å². The summed E-state index contributed by atoms with van der Waals surface area (Å²) in [6.07, 6.45) is -2.97. The first-order valence-corrected chi connectivity index (χ1v) is 18.9. The summed E-state index contributed by atoms with van der Waals surface area (Å²) in [4.78, 5) is 35.3. The van der Waals surface area contributed by atoms with E-state index in [4.69, 9.17) is 19.5 Å². The zero-order chi connectivity index (χ0) is 37.6. The molecule has 19 heteroatoms. The summed E-state index contributed by atoms with van der Waals surface area (Å²) < 4.78 is 104. The van der Waals surface area contributed by atoms with E-state index in [0.717, 1.165) is 12.5 Å². The van der Waals surface area contributed by atoms with Crippen molar-refractivity contribution in [2.24, 2.45) is 0 Å². The number of pyridine rings is 2. The van der Waals surface area contributed by atoms with Crippen LogP contribution in [0.25, 0.3) is 22.3 Å². The van der Waals surface area contributed by atoms with Crippen LogP contribution < -0.4 is 15.4 Å². The number of halogens is 5. The fourth-order valence-corrected chi connectivity index (χ4v) is 9.22. The van der Waals surface area contributed by atoms with Crippen LogP contribution in [0.15, 0.2) is 12.3 Å². The third-order valence-electron chi connectivity index (χ3n) is 10.00. The molecule has 0 aromatic carbocycles.